The van der Waals surface area contributed by atoms with Crippen LogP contribution >= 0.6 is 22.7 Å². The second kappa shape index (κ2) is 4.25. The van der Waals surface area contributed by atoms with Crippen molar-refractivity contribution in [2.45, 2.75) is 0 Å². The van der Waals surface area contributed by atoms with Gasteiger partial charge in [0.25, 0.3) is 0 Å². The molecule has 0 amide bonds. The van der Waals surface area contributed by atoms with E-state index >= 15 is 0 Å². The maximum atomic E-state index is 4.61. The highest BCUT2D eigenvalue weighted by Crippen LogP contribution is 2.27. The molecule has 0 unspecified atom stereocenters. The lowest BCUT2D eigenvalue weighted by Crippen LogP contribution is -1.82. The summed E-state index contributed by atoms with van der Waals surface area (Å²) in [5, 5.41) is 7.42. The zero-order chi connectivity index (χ0) is 12.7. The van der Waals surface area contributed by atoms with Gasteiger partial charge in [-0.1, -0.05) is 41.7 Å². The van der Waals surface area contributed by atoms with Crippen LogP contribution in [0.15, 0.2) is 47.4 Å². The molecule has 0 aliphatic carbocycles. The number of aromatic nitrogens is 4. The van der Waals surface area contributed by atoms with Crippen molar-refractivity contribution >= 4 is 27.6 Å². The van der Waals surface area contributed by atoms with Gasteiger partial charge in [0.2, 0.25) is 4.96 Å². The van der Waals surface area contributed by atoms with Crippen molar-refractivity contribution < 1.29 is 0 Å². The molecule has 92 valence electrons. The quantitative estimate of drug-likeness (QED) is 0.565. The number of benzene rings is 1. The predicted molar refractivity (Wildman–Crippen MR) is 77.4 cm³/mol. The Balaban J connectivity index is 1.80. The lowest BCUT2D eigenvalue weighted by atomic mass is 10.2. The van der Waals surface area contributed by atoms with Crippen LogP contribution in [0, 0.1) is 0 Å². The van der Waals surface area contributed by atoms with Gasteiger partial charge in [0.15, 0.2) is 5.01 Å². The molecule has 6 heteroatoms. The summed E-state index contributed by atoms with van der Waals surface area (Å²) in [5.41, 5.74) is 4.79. The van der Waals surface area contributed by atoms with E-state index in [0.29, 0.717) is 0 Å². The summed E-state index contributed by atoms with van der Waals surface area (Å²) >= 11 is 3.13. The minimum absolute atomic E-state index is 0.891. The highest BCUT2D eigenvalue weighted by Gasteiger charge is 2.11. The second-order valence-electron chi connectivity index (χ2n) is 4.00. The summed E-state index contributed by atoms with van der Waals surface area (Å²) in [6.45, 7) is 0. The molecule has 0 fully saturated rings. The second-order valence-corrected chi connectivity index (χ2v) is 5.67. The molecular weight excluding hydrogens is 276 g/mol. The van der Waals surface area contributed by atoms with Gasteiger partial charge >= 0.3 is 0 Å². The van der Waals surface area contributed by atoms with Gasteiger partial charge in [-0.05, 0) is 0 Å². The van der Waals surface area contributed by atoms with Gasteiger partial charge < -0.3 is 0 Å². The van der Waals surface area contributed by atoms with Crippen LogP contribution in [0.25, 0.3) is 26.9 Å². The van der Waals surface area contributed by atoms with Crippen molar-refractivity contribution in [2.75, 3.05) is 0 Å². The SMILES string of the molecule is c1ccc(-c2cn3nc(-c4cscn4)sc3n2)cc1. The van der Waals surface area contributed by atoms with Crippen molar-refractivity contribution in [1.29, 1.82) is 0 Å². The minimum Gasteiger partial charge on any atom is -0.242 e. The molecule has 0 aliphatic heterocycles. The van der Waals surface area contributed by atoms with E-state index in [9.17, 15) is 0 Å². The molecule has 0 atom stereocenters. The van der Waals surface area contributed by atoms with Crippen LogP contribution in [0.1, 0.15) is 0 Å². The van der Waals surface area contributed by atoms with Crippen LogP contribution in [0.5, 0.6) is 0 Å². The van der Waals surface area contributed by atoms with Crippen LogP contribution in [0.3, 0.4) is 0 Å². The first-order chi connectivity index (χ1) is 9.40. The first kappa shape index (κ1) is 10.8. The summed E-state index contributed by atoms with van der Waals surface area (Å²) < 4.78 is 1.82. The van der Waals surface area contributed by atoms with Gasteiger partial charge in [-0.25, -0.2) is 14.5 Å². The first-order valence-electron chi connectivity index (χ1n) is 5.70. The largest absolute Gasteiger partial charge is 0.242 e. The molecule has 4 nitrogen and oxygen atoms in total. The predicted octanol–water partition coefficient (Wildman–Crippen LogP) is 3.58. The zero-order valence-electron chi connectivity index (χ0n) is 9.72. The lowest BCUT2D eigenvalue weighted by Gasteiger charge is -1.93. The zero-order valence-corrected chi connectivity index (χ0v) is 11.4. The molecule has 0 aliphatic rings. The standard InChI is InChI=1S/C13H8N4S2/c1-2-4-9(5-3-1)10-6-17-13(15-10)19-12(16-17)11-7-18-8-14-11/h1-8H. The van der Waals surface area contributed by atoms with Crippen LogP contribution in [0.2, 0.25) is 0 Å². The average molecular weight is 284 g/mol. The van der Waals surface area contributed by atoms with Gasteiger partial charge in [0, 0.05) is 10.9 Å². The van der Waals surface area contributed by atoms with E-state index in [1.165, 1.54) is 0 Å². The molecule has 19 heavy (non-hydrogen) atoms. The van der Waals surface area contributed by atoms with Crippen molar-refractivity contribution in [1.82, 2.24) is 19.6 Å². The Labute approximate surface area is 117 Å². The highest BCUT2D eigenvalue weighted by molar-refractivity contribution is 7.20. The fraction of sp³-hybridized carbons (Fsp3) is 0. The van der Waals surface area contributed by atoms with Crippen LogP contribution in [-0.2, 0) is 0 Å². The molecule has 3 aromatic heterocycles. The Morgan fingerprint density at radius 2 is 1.95 bits per heavy atom. The van der Waals surface area contributed by atoms with Crippen LogP contribution < -0.4 is 0 Å². The third-order valence-electron chi connectivity index (χ3n) is 2.76. The van der Waals surface area contributed by atoms with Crippen LogP contribution in [0.4, 0.5) is 0 Å². The van der Waals surface area contributed by atoms with Crippen molar-refractivity contribution in [3.63, 3.8) is 0 Å². The number of hydrogen-bond acceptors (Lipinski definition) is 5. The molecule has 0 spiro atoms. The fourth-order valence-corrected chi connectivity index (χ4v) is 3.33. The summed E-state index contributed by atoms with van der Waals surface area (Å²) in [6.07, 6.45) is 1.96. The first-order valence-corrected chi connectivity index (χ1v) is 7.46. The summed E-state index contributed by atoms with van der Waals surface area (Å²) in [6, 6.07) is 10.1. The number of nitrogens with zero attached hydrogens (tertiary/aromatic N) is 4. The summed E-state index contributed by atoms with van der Waals surface area (Å²) in [4.78, 5) is 9.77. The molecular formula is C13H8N4S2. The monoisotopic (exact) mass is 284 g/mol. The fourth-order valence-electron chi connectivity index (χ4n) is 1.87. The van der Waals surface area contributed by atoms with E-state index in [-0.39, 0.29) is 0 Å². The molecule has 4 aromatic rings. The van der Waals surface area contributed by atoms with Gasteiger partial charge in [-0.2, -0.15) is 5.10 Å². The number of fused-ring (bicyclic) bond motifs is 1. The molecule has 4 rings (SSSR count). The molecule has 0 bridgehead atoms. The topological polar surface area (TPSA) is 43.1 Å². The van der Waals surface area contributed by atoms with Gasteiger partial charge in [0.1, 0.15) is 5.69 Å². The molecule has 0 saturated heterocycles. The smallest absolute Gasteiger partial charge is 0.213 e. The number of imidazole rings is 1. The van der Waals surface area contributed by atoms with E-state index in [0.717, 1.165) is 26.9 Å². The van der Waals surface area contributed by atoms with E-state index in [1.54, 1.807) is 22.7 Å². The molecule has 0 saturated carbocycles. The van der Waals surface area contributed by atoms with E-state index < -0.39 is 0 Å². The molecule has 0 radical (unpaired) electrons. The van der Waals surface area contributed by atoms with Crippen molar-refractivity contribution in [3.05, 3.63) is 47.4 Å². The van der Waals surface area contributed by atoms with Crippen molar-refractivity contribution in [3.8, 4) is 22.0 Å². The van der Waals surface area contributed by atoms with E-state index in [4.69, 9.17) is 0 Å². The summed E-state index contributed by atoms with van der Waals surface area (Å²) in [7, 11) is 0. The number of thiazole rings is 1. The Hall–Kier alpha value is -2.05. The minimum atomic E-state index is 0.891. The van der Waals surface area contributed by atoms with E-state index in [2.05, 4.69) is 15.1 Å². The van der Waals surface area contributed by atoms with Gasteiger partial charge in [0.05, 0.1) is 17.4 Å². The lowest BCUT2D eigenvalue weighted by molar-refractivity contribution is 0.976. The summed E-state index contributed by atoms with van der Waals surface area (Å²) in [5.74, 6) is 0. The number of hydrogen-bond donors (Lipinski definition) is 0. The number of rotatable bonds is 2. The molecule has 0 N–H and O–H groups in total. The average Bonchev–Trinajstić information content (AvgIpc) is 3.14. The maximum Gasteiger partial charge on any atom is 0.213 e. The van der Waals surface area contributed by atoms with Crippen molar-refractivity contribution in [2.24, 2.45) is 0 Å². The Kier molecular flexibility index (Phi) is 2.43. The normalized spacial score (nSPS) is 11.2. The van der Waals surface area contributed by atoms with Gasteiger partial charge in [-0.3, -0.25) is 0 Å². The van der Waals surface area contributed by atoms with Crippen LogP contribution in [-0.4, -0.2) is 19.6 Å². The Bertz CT molecular complexity index is 783. The Morgan fingerprint density at radius 1 is 1.05 bits per heavy atom. The Morgan fingerprint density at radius 3 is 2.68 bits per heavy atom. The van der Waals surface area contributed by atoms with Gasteiger partial charge in [-0.15, -0.1) is 11.3 Å². The third kappa shape index (κ3) is 1.85. The maximum absolute atomic E-state index is 4.61. The highest BCUT2D eigenvalue weighted by atomic mass is 32.1. The molecule has 1 aromatic carbocycles. The van der Waals surface area contributed by atoms with E-state index in [1.807, 2.05) is 51.9 Å². The molecule has 3 heterocycles. The third-order valence-corrected chi connectivity index (χ3v) is 4.30.